The van der Waals surface area contributed by atoms with Gasteiger partial charge in [-0.2, -0.15) is 4.98 Å². The molecule has 0 radical (unpaired) electrons. The quantitative estimate of drug-likeness (QED) is 0.515. The summed E-state index contributed by atoms with van der Waals surface area (Å²) in [5.41, 5.74) is 2.77. The predicted octanol–water partition coefficient (Wildman–Crippen LogP) is 5.78. The summed E-state index contributed by atoms with van der Waals surface area (Å²) < 4.78 is 0. The minimum atomic E-state index is -0.263. The lowest BCUT2D eigenvalue weighted by atomic mass is 9.86. The van der Waals surface area contributed by atoms with Crippen LogP contribution in [0.5, 0.6) is 0 Å². The summed E-state index contributed by atoms with van der Waals surface area (Å²) in [7, 11) is 4.09. The number of nitrogens with zero attached hydrogens (tertiary/aromatic N) is 3. The fourth-order valence-corrected chi connectivity index (χ4v) is 5.78. The van der Waals surface area contributed by atoms with Crippen molar-refractivity contribution >= 4 is 52.5 Å². The highest BCUT2D eigenvalue weighted by Gasteiger charge is 2.25. The maximum Gasteiger partial charge on any atom is 0.254 e. The molecule has 0 bridgehead atoms. The van der Waals surface area contributed by atoms with E-state index in [1.807, 2.05) is 14.1 Å². The third-order valence-corrected chi connectivity index (χ3v) is 7.36. The zero-order valence-corrected chi connectivity index (χ0v) is 21.3. The molecule has 1 heterocycles. The third kappa shape index (κ3) is 5.84. The second-order valence-corrected chi connectivity index (χ2v) is 10.5. The van der Waals surface area contributed by atoms with E-state index in [4.69, 9.17) is 44.8 Å². The Bertz CT molecular complexity index is 998. The van der Waals surface area contributed by atoms with E-state index in [2.05, 4.69) is 15.5 Å². The van der Waals surface area contributed by atoms with Crippen molar-refractivity contribution in [3.05, 3.63) is 44.0 Å². The molecule has 178 valence electrons. The average Bonchev–Trinajstić information content (AvgIpc) is 2.77. The van der Waals surface area contributed by atoms with Gasteiger partial charge in [0.05, 0.1) is 21.3 Å². The first-order chi connectivity index (χ1) is 15.8. The standard InChI is InChI=1S/C24H30Cl3N5O/c1-32(2)22-17-5-3-4-6-20(17)30-24(31-22)29-16-9-7-14(8-10-16)13-28-23(33)21-18(26)11-15(25)12-19(21)27/h11-12,14,16H,3-10,13H2,1-2H3,(H,28,33)(H,29,30,31). The number of nitrogens with one attached hydrogen (secondary N) is 2. The summed E-state index contributed by atoms with van der Waals surface area (Å²) in [5, 5.41) is 7.50. The Balaban J connectivity index is 1.31. The molecule has 2 aliphatic carbocycles. The van der Waals surface area contributed by atoms with Crippen molar-refractivity contribution in [3.8, 4) is 0 Å². The molecule has 1 amide bonds. The van der Waals surface area contributed by atoms with Gasteiger partial charge in [-0.15, -0.1) is 0 Å². The lowest BCUT2D eigenvalue weighted by Crippen LogP contribution is -2.34. The van der Waals surface area contributed by atoms with Crippen LogP contribution in [-0.2, 0) is 12.8 Å². The van der Waals surface area contributed by atoms with Gasteiger partial charge in [0.1, 0.15) is 5.82 Å². The van der Waals surface area contributed by atoms with Gasteiger partial charge in [0.2, 0.25) is 5.95 Å². The van der Waals surface area contributed by atoms with Gasteiger partial charge >= 0.3 is 0 Å². The molecule has 0 aliphatic heterocycles. The normalized spacial score (nSPS) is 20.2. The minimum absolute atomic E-state index is 0.263. The first-order valence-corrected chi connectivity index (χ1v) is 12.7. The summed E-state index contributed by atoms with van der Waals surface area (Å²) in [6.07, 6.45) is 8.56. The SMILES string of the molecule is CN(C)c1nc(NC2CCC(CNC(=O)c3c(Cl)cc(Cl)cc3Cl)CC2)nc2c1CCCC2. The van der Waals surface area contributed by atoms with Crippen molar-refractivity contribution in [2.75, 3.05) is 30.9 Å². The molecule has 1 fully saturated rings. The summed E-state index contributed by atoms with van der Waals surface area (Å²) in [4.78, 5) is 24.4. The average molecular weight is 511 g/mol. The molecule has 33 heavy (non-hydrogen) atoms. The molecule has 0 spiro atoms. The van der Waals surface area contributed by atoms with Crippen molar-refractivity contribution in [1.29, 1.82) is 0 Å². The van der Waals surface area contributed by atoms with Gasteiger partial charge < -0.3 is 15.5 Å². The lowest BCUT2D eigenvalue weighted by molar-refractivity contribution is 0.0943. The Morgan fingerprint density at radius 2 is 1.70 bits per heavy atom. The van der Waals surface area contributed by atoms with Gasteiger partial charge in [-0.05, 0) is 69.4 Å². The molecule has 2 N–H and O–H groups in total. The topological polar surface area (TPSA) is 70.2 Å². The molecule has 0 unspecified atom stereocenters. The van der Waals surface area contributed by atoms with Gasteiger partial charge in [-0.3, -0.25) is 4.79 Å². The summed E-state index contributed by atoms with van der Waals surface area (Å²) >= 11 is 18.3. The summed E-state index contributed by atoms with van der Waals surface area (Å²) in [6.45, 7) is 0.598. The molecule has 1 aromatic carbocycles. The fraction of sp³-hybridized carbons (Fsp3) is 0.542. The van der Waals surface area contributed by atoms with Gasteiger partial charge in [0.15, 0.2) is 0 Å². The molecule has 1 saturated carbocycles. The van der Waals surface area contributed by atoms with E-state index in [1.165, 1.54) is 36.2 Å². The number of amides is 1. The highest BCUT2D eigenvalue weighted by Crippen LogP contribution is 2.31. The maximum absolute atomic E-state index is 12.6. The Hall–Kier alpha value is -1.76. The van der Waals surface area contributed by atoms with Crippen molar-refractivity contribution < 1.29 is 4.79 Å². The number of halogens is 3. The van der Waals surface area contributed by atoms with Crippen LogP contribution in [0.4, 0.5) is 11.8 Å². The Morgan fingerprint density at radius 1 is 1.03 bits per heavy atom. The van der Waals surface area contributed by atoms with Crippen LogP contribution in [0.1, 0.15) is 60.1 Å². The number of carbonyl (C=O) groups excluding carboxylic acids is 1. The molecule has 1 aromatic heterocycles. The van der Waals surface area contributed by atoms with E-state index in [1.54, 1.807) is 0 Å². The van der Waals surface area contributed by atoms with Crippen LogP contribution in [0.3, 0.4) is 0 Å². The van der Waals surface area contributed by atoms with Crippen LogP contribution in [0.2, 0.25) is 15.1 Å². The second-order valence-electron chi connectivity index (χ2n) is 9.21. The molecule has 0 saturated heterocycles. The van der Waals surface area contributed by atoms with Crippen LogP contribution >= 0.6 is 34.8 Å². The number of carbonyl (C=O) groups is 1. The first-order valence-electron chi connectivity index (χ1n) is 11.6. The zero-order chi connectivity index (χ0) is 23.5. The monoisotopic (exact) mass is 509 g/mol. The second kappa shape index (κ2) is 10.7. The van der Waals surface area contributed by atoms with Crippen LogP contribution in [0, 0.1) is 5.92 Å². The van der Waals surface area contributed by atoms with E-state index < -0.39 is 0 Å². The van der Waals surface area contributed by atoms with Gasteiger partial charge in [-0.25, -0.2) is 4.98 Å². The molecule has 2 aliphatic rings. The summed E-state index contributed by atoms with van der Waals surface area (Å²) in [6, 6.07) is 3.41. The van der Waals surface area contributed by atoms with Gasteiger partial charge in [-0.1, -0.05) is 34.8 Å². The molecule has 0 atom stereocenters. The Morgan fingerprint density at radius 3 is 2.36 bits per heavy atom. The molecule has 6 nitrogen and oxygen atoms in total. The maximum atomic E-state index is 12.6. The number of rotatable bonds is 6. The number of aryl methyl sites for hydroxylation is 1. The molecule has 4 rings (SSSR count). The largest absolute Gasteiger partial charge is 0.362 e. The Labute approximate surface area is 210 Å². The number of benzene rings is 1. The molecule has 9 heteroatoms. The van der Waals surface area contributed by atoms with E-state index >= 15 is 0 Å². The van der Waals surface area contributed by atoms with Gasteiger partial charge in [0, 0.05) is 37.3 Å². The Kier molecular flexibility index (Phi) is 7.87. The fourth-order valence-electron chi connectivity index (χ4n) is 4.79. The first kappa shape index (κ1) is 24.4. The molecule has 2 aromatic rings. The number of fused-ring (bicyclic) bond motifs is 1. The smallest absolute Gasteiger partial charge is 0.254 e. The van der Waals surface area contributed by atoms with E-state index in [-0.39, 0.29) is 21.5 Å². The van der Waals surface area contributed by atoms with Crippen molar-refractivity contribution in [3.63, 3.8) is 0 Å². The number of hydrogen-bond acceptors (Lipinski definition) is 5. The molecular formula is C24H30Cl3N5O. The molecular weight excluding hydrogens is 481 g/mol. The van der Waals surface area contributed by atoms with E-state index in [9.17, 15) is 4.79 Å². The number of anilines is 2. The number of hydrogen-bond donors (Lipinski definition) is 2. The van der Waals surface area contributed by atoms with E-state index in [0.29, 0.717) is 23.5 Å². The zero-order valence-electron chi connectivity index (χ0n) is 19.1. The predicted molar refractivity (Wildman–Crippen MR) is 136 cm³/mol. The third-order valence-electron chi connectivity index (χ3n) is 6.55. The lowest BCUT2D eigenvalue weighted by Gasteiger charge is -2.30. The van der Waals surface area contributed by atoms with Crippen molar-refractivity contribution in [2.45, 2.75) is 57.4 Å². The van der Waals surface area contributed by atoms with E-state index in [0.717, 1.165) is 50.3 Å². The number of aromatic nitrogens is 2. The highest BCUT2D eigenvalue weighted by molar-refractivity contribution is 6.42. The van der Waals surface area contributed by atoms with Crippen LogP contribution in [0.15, 0.2) is 12.1 Å². The van der Waals surface area contributed by atoms with Gasteiger partial charge in [0.25, 0.3) is 5.91 Å². The van der Waals surface area contributed by atoms with Crippen LogP contribution in [-0.4, -0.2) is 42.6 Å². The summed E-state index contributed by atoms with van der Waals surface area (Å²) in [5.74, 6) is 1.93. The highest BCUT2D eigenvalue weighted by atomic mass is 35.5. The van der Waals surface area contributed by atoms with Crippen molar-refractivity contribution in [2.24, 2.45) is 5.92 Å². The van der Waals surface area contributed by atoms with Crippen LogP contribution < -0.4 is 15.5 Å². The minimum Gasteiger partial charge on any atom is -0.362 e. The van der Waals surface area contributed by atoms with Crippen molar-refractivity contribution in [1.82, 2.24) is 15.3 Å². The van der Waals surface area contributed by atoms with Crippen LogP contribution in [0.25, 0.3) is 0 Å².